The van der Waals surface area contributed by atoms with E-state index >= 15 is 0 Å². The number of benzene rings is 1. The lowest BCUT2D eigenvalue weighted by molar-refractivity contribution is -0.384. The fourth-order valence-electron chi connectivity index (χ4n) is 1.86. The zero-order chi connectivity index (χ0) is 11.7. The maximum Gasteiger partial charge on any atom is 0.277 e. The zero-order valence-corrected chi connectivity index (χ0v) is 9.18. The molecule has 0 aliphatic heterocycles. The number of nitro groups is 1. The largest absolute Gasteiger partial charge is 0.356 e. The average Bonchev–Trinajstić information content (AvgIpc) is 2.57. The van der Waals surface area contributed by atoms with Crippen LogP contribution in [-0.2, 0) is 7.05 Å². The highest BCUT2D eigenvalue weighted by Gasteiger charge is 2.16. The first-order valence-corrected chi connectivity index (χ1v) is 4.96. The summed E-state index contributed by atoms with van der Waals surface area (Å²) >= 11 is 0. The van der Waals surface area contributed by atoms with E-state index in [9.17, 15) is 10.1 Å². The summed E-state index contributed by atoms with van der Waals surface area (Å²) in [6.07, 6.45) is 3.85. The lowest BCUT2D eigenvalue weighted by Gasteiger charge is -2.01. The molecule has 0 saturated heterocycles. The molecular formula is C12H12N2O2. The van der Waals surface area contributed by atoms with E-state index in [1.165, 1.54) is 6.07 Å². The first kappa shape index (κ1) is 10.4. The number of rotatable bonds is 2. The highest BCUT2D eigenvalue weighted by atomic mass is 16.6. The summed E-state index contributed by atoms with van der Waals surface area (Å²) in [7, 11) is 1.91. The maximum absolute atomic E-state index is 10.9. The van der Waals surface area contributed by atoms with Crippen molar-refractivity contribution in [2.75, 3.05) is 0 Å². The molecular weight excluding hydrogens is 204 g/mol. The average molecular weight is 216 g/mol. The van der Waals surface area contributed by atoms with Crippen LogP contribution in [0.5, 0.6) is 0 Å². The summed E-state index contributed by atoms with van der Waals surface area (Å²) in [5.41, 5.74) is 2.77. The second-order valence-electron chi connectivity index (χ2n) is 3.79. The molecule has 0 bridgehead atoms. The Bertz CT molecular complexity index is 544. The zero-order valence-electron chi connectivity index (χ0n) is 9.18. The molecule has 0 atom stereocenters. The van der Waals surface area contributed by atoms with Crippen LogP contribution in [0.4, 0.5) is 5.69 Å². The number of hydrogen-bond donors (Lipinski definition) is 0. The van der Waals surface area contributed by atoms with Crippen LogP contribution in [0.25, 0.3) is 11.1 Å². The van der Waals surface area contributed by atoms with Crippen LogP contribution >= 0.6 is 0 Å². The van der Waals surface area contributed by atoms with Crippen molar-refractivity contribution in [2.45, 2.75) is 6.92 Å². The summed E-state index contributed by atoms with van der Waals surface area (Å²) in [5, 5.41) is 10.9. The summed E-state index contributed by atoms with van der Waals surface area (Å²) in [5.74, 6) is 0. The van der Waals surface area contributed by atoms with E-state index in [4.69, 9.17) is 0 Å². The van der Waals surface area contributed by atoms with Crippen molar-refractivity contribution in [1.29, 1.82) is 0 Å². The minimum atomic E-state index is -0.345. The number of aromatic nitrogens is 1. The van der Waals surface area contributed by atoms with Gasteiger partial charge in [-0.1, -0.05) is 12.1 Å². The molecule has 0 aliphatic carbocycles. The molecule has 1 aromatic carbocycles. The molecule has 0 unspecified atom stereocenters. The smallest absolute Gasteiger partial charge is 0.277 e. The Morgan fingerprint density at radius 2 is 1.88 bits per heavy atom. The van der Waals surface area contributed by atoms with Gasteiger partial charge in [0.1, 0.15) is 0 Å². The fourth-order valence-corrected chi connectivity index (χ4v) is 1.86. The highest BCUT2D eigenvalue weighted by molar-refractivity contribution is 5.75. The molecule has 1 heterocycles. The summed E-state index contributed by atoms with van der Waals surface area (Å²) in [6, 6.07) is 6.80. The second kappa shape index (κ2) is 3.81. The van der Waals surface area contributed by atoms with E-state index in [0.29, 0.717) is 5.56 Å². The van der Waals surface area contributed by atoms with E-state index in [1.807, 2.05) is 37.0 Å². The monoisotopic (exact) mass is 216 g/mol. The van der Waals surface area contributed by atoms with Gasteiger partial charge >= 0.3 is 0 Å². The van der Waals surface area contributed by atoms with Crippen LogP contribution in [-0.4, -0.2) is 9.49 Å². The molecule has 1 aromatic heterocycles. The van der Waals surface area contributed by atoms with Crippen molar-refractivity contribution in [3.63, 3.8) is 0 Å². The predicted octanol–water partition coefficient (Wildman–Crippen LogP) is 2.91. The van der Waals surface area contributed by atoms with E-state index in [-0.39, 0.29) is 10.6 Å². The SMILES string of the molecule is Cc1cn(C)cc1-c1ccccc1[N+](=O)[O-]. The molecule has 82 valence electrons. The molecule has 16 heavy (non-hydrogen) atoms. The maximum atomic E-state index is 10.9. The third kappa shape index (κ3) is 1.69. The molecule has 0 aliphatic rings. The van der Waals surface area contributed by atoms with Gasteiger partial charge in [-0.3, -0.25) is 10.1 Å². The van der Waals surface area contributed by atoms with Crippen molar-refractivity contribution in [3.8, 4) is 11.1 Å². The van der Waals surface area contributed by atoms with Crippen molar-refractivity contribution in [1.82, 2.24) is 4.57 Å². The molecule has 2 aromatic rings. The number of nitrogens with zero attached hydrogens (tertiary/aromatic N) is 2. The van der Waals surface area contributed by atoms with Gasteiger partial charge in [0.25, 0.3) is 5.69 Å². The molecule has 4 heteroatoms. The van der Waals surface area contributed by atoms with Crippen LogP contribution in [0.15, 0.2) is 36.7 Å². The Kier molecular flexibility index (Phi) is 2.48. The first-order chi connectivity index (χ1) is 7.59. The van der Waals surface area contributed by atoms with Crippen LogP contribution < -0.4 is 0 Å². The number of para-hydroxylation sites is 1. The molecule has 0 fully saturated rings. The van der Waals surface area contributed by atoms with Crippen LogP contribution in [0.1, 0.15) is 5.56 Å². The van der Waals surface area contributed by atoms with Crippen molar-refractivity contribution in [2.24, 2.45) is 7.05 Å². The van der Waals surface area contributed by atoms with Gasteiger partial charge in [-0.25, -0.2) is 0 Å². The molecule has 0 radical (unpaired) electrons. The molecule has 4 nitrogen and oxygen atoms in total. The molecule has 0 amide bonds. The van der Waals surface area contributed by atoms with Gasteiger partial charge in [-0.2, -0.15) is 0 Å². The fraction of sp³-hybridized carbons (Fsp3) is 0.167. The molecule has 0 saturated carbocycles. The van der Waals surface area contributed by atoms with Gasteiger partial charge in [-0.15, -0.1) is 0 Å². The molecule has 2 rings (SSSR count). The highest BCUT2D eigenvalue weighted by Crippen LogP contribution is 2.31. The van der Waals surface area contributed by atoms with E-state index in [1.54, 1.807) is 12.1 Å². The van der Waals surface area contributed by atoms with Crippen LogP contribution in [0, 0.1) is 17.0 Å². The van der Waals surface area contributed by atoms with E-state index in [0.717, 1.165) is 11.1 Å². The Hall–Kier alpha value is -2.10. The van der Waals surface area contributed by atoms with Gasteiger partial charge in [0.15, 0.2) is 0 Å². The lowest BCUT2D eigenvalue weighted by atomic mass is 10.0. The van der Waals surface area contributed by atoms with E-state index < -0.39 is 0 Å². The first-order valence-electron chi connectivity index (χ1n) is 4.96. The van der Waals surface area contributed by atoms with Gasteiger partial charge in [-0.05, 0) is 18.6 Å². The van der Waals surface area contributed by atoms with Gasteiger partial charge in [0, 0.05) is 31.1 Å². The third-order valence-corrected chi connectivity index (χ3v) is 2.55. The van der Waals surface area contributed by atoms with E-state index in [2.05, 4.69) is 0 Å². The second-order valence-corrected chi connectivity index (χ2v) is 3.79. The number of aryl methyl sites for hydroxylation is 2. The Labute approximate surface area is 93.3 Å². The Balaban J connectivity index is 2.64. The van der Waals surface area contributed by atoms with Crippen molar-refractivity contribution >= 4 is 5.69 Å². The topological polar surface area (TPSA) is 48.1 Å². The minimum absolute atomic E-state index is 0.150. The van der Waals surface area contributed by atoms with Crippen LogP contribution in [0.3, 0.4) is 0 Å². The standard InChI is InChI=1S/C12H12N2O2/c1-9-7-13(2)8-11(9)10-5-3-4-6-12(10)14(15)16/h3-8H,1-2H3. The van der Waals surface area contributed by atoms with Gasteiger partial charge in [0.2, 0.25) is 0 Å². The van der Waals surface area contributed by atoms with Crippen molar-refractivity contribution in [3.05, 3.63) is 52.3 Å². The summed E-state index contributed by atoms with van der Waals surface area (Å²) in [6.45, 7) is 1.95. The third-order valence-electron chi connectivity index (χ3n) is 2.55. The summed E-state index contributed by atoms with van der Waals surface area (Å²) < 4.78 is 1.90. The van der Waals surface area contributed by atoms with Gasteiger partial charge in [0.05, 0.1) is 10.5 Å². The van der Waals surface area contributed by atoms with Crippen molar-refractivity contribution < 1.29 is 4.92 Å². The Morgan fingerprint density at radius 1 is 1.19 bits per heavy atom. The normalized spacial score (nSPS) is 10.4. The number of hydrogen-bond acceptors (Lipinski definition) is 2. The Morgan fingerprint density at radius 3 is 2.44 bits per heavy atom. The molecule has 0 N–H and O–H groups in total. The summed E-state index contributed by atoms with van der Waals surface area (Å²) in [4.78, 5) is 10.6. The predicted molar refractivity (Wildman–Crippen MR) is 62.2 cm³/mol. The quantitative estimate of drug-likeness (QED) is 0.572. The van der Waals surface area contributed by atoms with Crippen LogP contribution in [0.2, 0.25) is 0 Å². The molecule has 0 spiro atoms. The number of nitro benzene ring substituents is 1. The van der Waals surface area contributed by atoms with Gasteiger partial charge < -0.3 is 4.57 Å². The lowest BCUT2D eigenvalue weighted by Crippen LogP contribution is -1.91. The minimum Gasteiger partial charge on any atom is -0.356 e.